The molecule has 20 unspecified atom stereocenters. The van der Waals surface area contributed by atoms with E-state index in [0.29, 0.717) is 0 Å². The van der Waals surface area contributed by atoms with Gasteiger partial charge in [-0.25, -0.2) is 0 Å². The summed E-state index contributed by atoms with van der Waals surface area (Å²) in [6, 6.07) is 0. The smallest absolute Gasteiger partial charge is 0.0164 e. The van der Waals surface area contributed by atoms with E-state index >= 15 is 0 Å². The van der Waals surface area contributed by atoms with Crippen LogP contribution in [0.25, 0.3) is 0 Å². The van der Waals surface area contributed by atoms with Gasteiger partial charge in [0.15, 0.2) is 0 Å². The molecule has 2 spiro atoms. The molecule has 10 rings (SSSR count). The van der Waals surface area contributed by atoms with Crippen LogP contribution in [-0.2, 0) is 0 Å². The summed E-state index contributed by atoms with van der Waals surface area (Å²) in [6.45, 7) is 10.9. The van der Waals surface area contributed by atoms with E-state index in [9.17, 15) is 0 Å². The Morgan fingerprint density at radius 3 is 2.35 bits per heavy atom. The summed E-state index contributed by atoms with van der Waals surface area (Å²) < 4.78 is 0. The molecule has 0 aromatic carbocycles. The van der Waals surface area contributed by atoms with Crippen LogP contribution in [0.5, 0.6) is 0 Å². The van der Waals surface area contributed by atoms with Crippen molar-refractivity contribution < 1.29 is 0 Å². The summed E-state index contributed by atoms with van der Waals surface area (Å²) in [5.74, 6) is 20.9. The van der Waals surface area contributed by atoms with Crippen molar-refractivity contribution >= 4 is 0 Å². The van der Waals surface area contributed by atoms with Gasteiger partial charge in [0.2, 0.25) is 0 Å². The van der Waals surface area contributed by atoms with Gasteiger partial charge in [-0.05, 0) is 143 Å². The molecule has 10 aliphatic rings. The molecule has 31 heavy (non-hydrogen) atoms. The molecule has 7 bridgehead atoms. The van der Waals surface area contributed by atoms with Crippen LogP contribution < -0.4 is 0 Å². The van der Waals surface area contributed by atoms with Crippen LogP contribution in [0.15, 0.2) is 0 Å². The number of hydrogen-bond donors (Lipinski definition) is 0. The average molecular weight is 417 g/mol. The van der Waals surface area contributed by atoms with Crippen molar-refractivity contribution in [2.45, 2.75) is 72.6 Å². The van der Waals surface area contributed by atoms with Crippen molar-refractivity contribution in [3.05, 3.63) is 0 Å². The third-order valence-electron chi connectivity index (χ3n) is 16.4. The fourth-order valence-corrected chi connectivity index (χ4v) is 16.3. The quantitative estimate of drug-likeness (QED) is 0.463. The minimum absolute atomic E-state index is 0.907. The van der Waals surface area contributed by atoms with Crippen LogP contribution in [0.3, 0.4) is 0 Å². The van der Waals surface area contributed by atoms with Gasteiger partial charge in [-0.3, -0.25) is 0 Å². The first-order valence-corrected chi connectivity index (χ1v) is 15.1. The van der Waals surface area contributed by atoms with Gasteiger partial charge in [-0.1, -0.05) is 47.0 Å². The second-order valence-electron chi connectivity index (χ2n) is 15.8. The van der Waals surface area contributed by atoms with E-state index in [4.69, 9.17) is 0 Å². The lowest BCUT2D eigenvalue weighted by molar-refractivity contribution is -0.0178. The van der Waals surface area contributed by atoms with Crippen LogP contribution in [0.4, 0.5) is 0 Å². The van der Waals surface area contributed by atoms with E-state index in [2.05, 4.69) is 27.7 Å². The van der Waals surface area contributed by atoms with Crippen molar-refractivity contribution in [1.82, 2.24) is 0 Å². The molecule has 0 N–H and O–H groups in total. The Morgan fingerprint density at radius 1 is 0.774 bits per heavy atom. The topological polar surface area (TPSA) is 0 Å². The minimum Gasteiger partial charge on any atom is -0.0651 e. The van der Waals surface area contributed by atoms with Gasteiger partial charge in [0, 0.05) is 0 Å². The monoisotopic (exact) mass is 416 g/mol. The van der Waals surface area contributed by atoms with E-state index in [0.717, 1.165) is 58.2 Å². The van der Waals surface area contributed by atoms with E-state index in [-0.39, 0.29) is 0 Å². The molecule has 0 aliphatic heterocycles. The molecule has 0 aromatic rings. The third-order valence-corrected chi connectivity index (χ3v) is 16.4. The summed E-state index contributed by atoms with van der Waals surface area (Å²) in [5, 5.41) is 0. The zero-order chi connectivity index (χ0) is 20.3. The highest BCUT2D eigenvalue weighted by atomic mass is 15.0. The summed E-state index contributed by atoms with van der Waals surface area (Å²) in [6.07, 6.45) is 11.3. The lowest BCUT2D eigenvalue weighted by Gasteiger charge is -2.48. The molecule has 0 heteroatoms. The molecule has 168 valence electrons. The second-order valence-corrected chi connectivity index (χ2v) is 15.8. The highest BCUT2D eigenvalue weighted by molar-refractivity contribution is 5.45. The van der Waals surface area contributed by atoms with Gasteiger partial charge in [-0.2, -0.15) is 0 Å². The summed E-state index contributed by atoms with van der Waals surface area (Å²) in [5.41, 5.74) is 1.89. The Morgan fingerprint density at radius 2 is 1.55 bits per heavy atom. The molecule has 10 aliphatic carbocycles. The van der Waals surface area contributed by atoms with Gasteiger partial charge >= 0.3 is 0 Å². The van der Waals surface area contributed by atoms with Gasteiger partial charge < -0.3 is 0 Å². The fourth-order valence-electron chi connectivity index (χ4n) is 16.3. The Hall–Kier alpha value is 0. The van der Waals surface area contributed by atoms with Crippen LogP contribution >= 0.6 is 0 Å². The Bertz CT molecular complexity index is 900. The van der Waals surface area contributed by atoms with Crippen molar-refractivity contribution in [2.75, 3.05) is 0 Å². The van der Waals surface area contributed by atoms with Gasteiger partial charge in [0.25, 0.3) is 0 Å². The van der Waals surface area contributed by atoms with Crippen molar-refractivity contribution in [3.8, 4) is 0 Å². The maximum Gasteiger partial charge on any atom is -0.0164 e. The van der Waals surface area contributed by atoms with Crippen molar-refractivity contribution in [2.24, 2.45) is 117 Å². The standard InChI is InChI=1S/C31H44/c1-5-15-23(26-19-11-30(26)10-18(19)25(15)30)14(4)13(3)22-16-8-6-7-12(2)21(22)24-27(16)31-20-9-17(20)28(31)29(24)31/h12-29H,5-11H2,1-4H3. The van der Waals surface area contributed by atoms with Gasteiger partial charge in [0.1, 0.15) is 0 Å². The number of hydrogen-bond acceptors (Lipinski definition) is 0. The number of rotatable bonds is 4. The molecular formula is C31H44. The molecule has 0 nitrogen and oxygen atoms in total. The molecule has 20 atom stereocenters. The molecule has 10 saturated carbocycles. The summed E-state index contributed by atoms with van der Waals surface area (Å²) in [4.78, 5) is 0. The largest absolute Gasteiger partial charge is 0.0651 e. The highest BCUT2D eigenvalue weighted by Crippen LogP contribution is 3.02. The van der Waals surface area contributed by atoms with E-state index in [1.54, 1.807) is 38.5 Å². The van der Waals surface area contributed by atoms with Crippen LogP contribution in [0.2, 0.25) is 0 Å². The van der Waals surface area contributed by atoms with Crippen LogP contribution in [-0.4, -0.2) is 0 Å². The summed E-state index contributed by atoms with van der Waals surface area (Å²) in [7, 11) is 0. The molecule has 0 heterocycles. The van der Waals surface area contributed by atoms with Crippen molar-refractivity contribution in [3.63, 3.8) is 0 Å². The van der Waals surface area contributed by atoms with Crippen LogP contribution in [0, 0.1) is 117 Å². The van der Waals surface area contributed by atoms with E-state index in [1.807, 2.05) is 0 Å². The van der Waals surface area contributed by atoms with E-state index in [1.165, 1.54) is 65.6 Å². The molecular weight excluding hydrogens is 372 g/mol. The SMILES string of the molecule is CCC1C(C(C)C(C)C2C3CCCC(C)C2C2C3C34C5CC5C3C24)C2C3CC24CC3C14. The lowest BCUT2D eigenvalue weighted by Crippen LogP contribution is -2.45. The van der Waals surface area contributed by atoms with Gasteiger partial charge in [0.05, 0.1) is 0 Å². The zero-order valence-electron chi connectivity index (χ0n) is 20.3. The molecule has 0 aromatic heterocycles. The Kier molecular flexibility index (Phi) is 2.66. The molecule has 0 radical (unpaired) electrons. The molecule has 0 amide bonds. The van der Waals surface area contributed by atoms with Gasteiger partial charge in [-0.15, -0.1) is 0 Å². The van der Waals surface area contributed by atoms with Crippen LogP contribution in [0.1, 0.15) is 72.6 Å². The Balaban J connectivity index is 1.01. The predicted octanol–water partition coefficient (Wildman–Crippen LogP) is 7.00. The first-order valence-electron chi connectivity index (χ1n) is 15.1. The molecule has 10 fully saturated rings. The summed E-state index contributed by atoms with van der Waals surface area (Å²) >= 11 is 0. The lowest BCUT2D eigenvalue weighted by atomic mass is 9.56. The predicted molar refractivity (Wildman–Crippen MR) is 123 cm³/mol. The third kappa shape index (κ3) is 1.39. The fraction of sp³-hybridized carbons (Fsp3) is 1.00. The number of fused-ring (bicyclic) bond motifs is 10. The molecule has 0 saturated heterocycles. The normalized spacial score (nSPS) is 77.0. The maximum atomic E-state index is 2.81. The van der Waals surface area contributed by atoms with E-state index < -0.39 is 0 Å². The minimum atomic E-state index is 0.907. The highest BCUT2D eigenvalue weighted by Gasteiger charge is 2.98. The first kappa shape index (κ1) is 17.4. The van der Waals surface area contributed by atoms with Crippen molar-refractivity contribution in [1.29, 1.82) is 0 Å². The second kappa shape index (κ2) is 4.73. The first-order chi connectivity index (χ1) is 15.1. The average Bonchev–Trinajstić information content (AvgIpc) is 3.10. The zero-order valence-corrected chi connectivity index (χ0v) is 20.3. The maximum absolute atomic E-state index is 2.81. The Labute approximate surface area is 190 Å².